The molecule has 1 N–H and O–H groups in total. The van der Waals surface area contributed by atoms with Gasteiger partial charge in [-0.2, -0.15) is 0 Å². The third-order valence-electron chi connectivity index (χ3n) is 15.4. The largest absolute Gasteiger partial charge is 0.477 e. The number of nitrogens with zero attached hydrogens (tertiary/aromatic N) is 1. The summed E-state index contributed by atoms with van der Waals surface area (Å²) in [6, 6.07) is 0. The van der Waals surface area contributed by atoms with Crippen molar-refractivity contribution in [2.75, 3.05) is 47.5 Å². The van der Waals surface area contributed by atoms with Gasteiger partial charge >= 0.3 is 17.9 Å². The molecule has 9 nitrogen and oxygen atoms in total. The SMILES string of the molecule is CC/C=C\C/C=C\C/C=C\C/C=C\C/C=C\C/C=C\C/C=C\C/C=C\CCCCCCCCCCCCC(=O)OC(COC(=O)CCCCCCCCCCCCCCCCCCCCCCCCCCC)COC(OCC[N+](C)(C)C)C(=O)O. The average molecular weight is 1190 g/mol. The van der Waals surface area contributed by atoms with Gasteiger partial charge in [-0.3, -0.25) is 9.59 Å². The highest BCUT2D eigenvalue weighted by molar-refractivity contribution is 5.71. The van der Waals surface area contributed by atoms with Crippen molar-refractivity contribution in [1.29, 1.82) is 0 Å². The van der Waals surface area contributed by atoms with Crippen molar-refractivity contribution in [2.24, 2.45) is 0 Å². The van der Waals surface area contributed by atoms with Gasteiger partial charge in [-0.25, -0.2) is 4.79 Å². The molecule has 0 aromatic carbocycles. The number of ether oxygens (including phenoxy) is 4. The van der Waals surface area contributed by atoms with Gasteiger partial charge in [0.05, 0.1) is 34.4 Å². The molecule has 0 aromatic rings. The first-order valence-electron chi connectivity index (χ1n) is 35.4. The maximum atomic E-state index is 12.9. The van der Waals surface area contributed by atoms with Crippen molar-refractivity contribution in [2.45, 2.75) is 322 Å². The fourth-order valence-corrected chi connectivity index (χ4v) is 9.97. The maximum Gasteiger partial charge on any atom is 0.361 e. The Hall–Kier alpha value is -3.79. The lowest BCUT2D eigenvalue weighted by molar-refractivity contribution is -0.870. The standard InChI is InChI=1S/C76H133NO8/c1-6-8-10-12-14-16-18-20-22-24-26-28-30-32-33-34-35-36-37-38-39-40-41-43-45-47-49-51-53-55-57-59-61-63-65-67-74(79)85-72(71-84-76(75(80)81)82-69-68-77(3,4)5)70-83-73(78)66-64-62-60-58-56-54-52-50-48-46-44-42-31-29-27-25-23-21-19-17-15-13-11-9-7-2/h8,10,14,16,20,22,26,28,32-33,35-36,38-39,41,43,72,76H,6-7,9,11-13,15,17-19,21,23-25,27,29-31,34,37,40,42,44-71H2,1-5H3/p+1/b10-8-,16-14-,22-20-,28-26-,33-32-,36-35-,39-38-,43-41-. The zero-order chi connectivity index (χ0) is 61.9. The Labute approximate surface area is 524 Å². The van der Waals surface area contributed by atoms with E-state index < -0.39 is 24.3 Å². The molecule has 0 amide bonds. The monoisotopic (exact) mass is 1190 g/mol. The van der Waals surface area contributed by atoms with E-state index in [1.807, 2.05) is 21.1 Å². The summed E-state index contributed by atoms with van der Waals surface area (Å²) in [5.74, 6) is -2.00. The quantitative estimate of drug-likeness (QED) is 0.0211. The minimum absolute atomic E-state index is 0.184. The molecule has 0 aliphatic heterocycles. The number of hydrogen-bond donors (Lipinski definition) is 1. The minimum atomic E-state index is -1.52. The number of unbranched alkanes of at least 4 members (excludes halogenated alkanes) is 34. The predicted octanol–water partition coefficient (Wildman–Crippen LogP) is 22.0. The Morgan fingerprint density at radius 1 is 0.365 bits per heavy atom. The van der Waals surface area contributed by atoms with Gasteiger partial charge in [0.15, 0.2) is 6.10 Å². The second-order valence-corrected chi connectivity index (χ2v) is 24.8. The van der Waals surface area contributed by atoms with Crippen LogP contribution in [-0.4, -0.2) is 87.4 Å². The van der Waals surface area contributed by atoms with Gasteiger partial charge in [-0.15, -0.1) is 0 Å². The topological polar surface area (TPSA) is 108 Å². The van der Waals surface area contributed by atoms with Gasteiger partial charge in [-0.1, -0.05) is 317 Å². The van der Waals surface area contributed by atoms with Gasteiger partial charge in [0.25, 0.3) is 6.29 Å². The normalized spacial score (nSPS) is 13.3. The van der Waals surface area contributed by atoms with E-state index in [9.17, 15) is 19.5 Å². The summed E-state index contributed by atoms with van der Waals surface area (Å²) in [6.45, 7) is 4.80. The summed E-state index contributed by atoms with van der Waals surface area (Å²) >= 11 is 0. The Morgan fingerprint density at radius 2 is 0.671 bits per heavy atom. The first-order valence-corrected chi connectivity index (χ1v) is 35.4. The average Bonchev–Trinajstić information content (AvgIpc) is 3.48. The van der Waals surface area contributed by atoms with Crippen molar-refractivity contribution >= 4 is 17.9 Å². The summed E-state index contributed by atoms with van der Waals surface area (Å²) in [6.07, 6.45) is 88.0. The Morgan fingerprint density at radius 3 is 1.00 bits per heavy atom. The summed E-state index contributed by atoms with van der Waals surface area (Å²) < 4.78 is 23.0. The summed E-state index contributed by atoms with van der Waals surface area (Å²) in [5.41, 5.74) is 0. The van der Waals surface area contributed by atoms with Gasteiger partial charge < -0.3 is 28.5 Å². The van der Waals surface area contributed by atoms with Crippen LogP contribution in [0.3, 0.4) is 0 Å². The first-order chi connectivity index (χ1) is 41.6. The van der Waals surface area contributed by atoms with Gasteiger partial charge in [0.1, 0.15) is 13.2 Å². The summed E-state index contributed by atoms with van der Waals surface area (Å²) in [4.78, 5) is 37.6. The van der Waals surface area contributed by atoms with Crippen LogP contribution in [-0.2, 0) is 33.3 Å². The third-order valence-corrected chi connectivity index (χ3v) is 15.4. The van der Waals surface area contributed by atoms with E-state index in [1.54, 1.807) is 0 Å². The molecule has 0 radical (unpaired) electrons. The molecule has 0 heterocycles. The molecule has 0 fully saturated rings. The van der Waals surface area contributed by atoms with E-state index in [2.05, 4.69) is 111 Å². The van der Waals surface area contributed by atoms with Crippen LogP contribution in [0, 0.1) is 0 Å². The molecule has 0 rings (SSSR count). The van der Waals surface area contributed by atoms with Crippen LogP contribution >= 0.6 is 0 Å². The smallest absolute Gasteiger partial charge is 0.361 e. The third kappa shape index (κ3) is 67.6. The van der Waals surface area contributed by atoms with Crippen LogP contribution in [0.2, 0.25) is 0 Å². The highest BCUT2D eigenvalue weighted by Crippen LogP contribution is 2.18. The van der Waals surface area contributed by atoms with E-state index >= 15 is 0 Å². The number of carboxylic acid groups (broad SMARTS) is 1. The molecule has 0 saturated heterocycles. The Kier molecular flexibility index (Phi) is 63.2. The molecule has 0 spiro atoms. The number of rotatable bonds is 65. The second-order valence-electron chi connectivity index (χ2n) is 24.8. The highest BCUT2D eigenvalue weighted by Gasteiger charge is 2.25. The molecule has 0 saturated carbocycles. The minimum Gasteiger partial charge on any atom is -0.477 e. The molecule has 0 bridgehead atoms. The Bertz CT molecular complexity index is 1720. The number of aliphatic carboxylic acids is 1. The van der Waals surface area contributed by atoms with Crippen molar-refractivity contribution in [3.63, 3.8) is 0 Å². The molecule has 490 valence electrons. The number of allylic oxidation sites excluding steroid dienone is 16. The number of carbonyl (C=O) groups is 3. The lowest BCUT2D eigenvalue weighted by Gasteiger charge is -2.25. The van der Waals surface area contributed by atoms with Crippen molar-refractivity contribution < 1.29 is 42.9 Å². The van der Waals surface area contributed by atoms with Crippen molar-refractivity contribution in [3.05, 3.63) is 97.2 Å². The van der Waals surface area contributed by atoms with Crippen LogP contribution in [0.25, 0.3) is 0 Å². The molecule has 85 heavy (non-hydrogen) atoms. The van der Waals surface area contributed by atoms with Crippen molar-refractivity contribution in [3.8, 4) is 0 Å². The summed E-state index contributed by atoms with van der Waals surface area (Å²) in [7, 11) is 5.98. The Balaban J connectivity index is 4.14. The number of carbonyl (C=O) groups excluding carboxylic acids is 2. The molecule has 2 atom stereocenters. The number of quaternary nitrogens is 1. The van der Waals surface area contributed by atoms with Crippen LogP contribution in [0.4, 0.5) is 0 Å². The van der Waals surface area contributed by atoms with Gasteiger partial charge in [-0.05, 0) is 77.0 Å². The van der Waals surface area contributed by atoms with Crippen LogP contribution in [0.15, 0.2) is 97.2 Å². The van der Waals surface area contributed by atoms with E-state index in [4.69, 9.17) is 18.9 Å². The van der Waals surface area contributed by atoms with Gasteiger partial charge in [0.2, 0.25) is 0 Å². The van der Waals surface area contributed by atoms with Crippen LogP contribution < -0.4 is 0 Å². The van der Waals surface area contributed by atoms with Crippen molar-refractivity contribution in [1.82, 2.24) is 0 Å². The van der Waals surface area contributed by atoms with E-state index in [-0.39, 0.29) is 32.2 Å². The predicted molar refractivity (Wildman–Crippen MR) is 364 cm³/mol. The van der Waals surface area contributed by atoms with E-state index in [0.29, 0.717) is 23.9 Å². The zero-order valence-electron chi connectivity index (χ0n) is 56.0. The van der Waals surface area contributed by atoms with Crippen LogP contribution in [0.1, 0.15) is 309 Å². The first kappa shape index (κ1) is 81.2. The van der Waals surface area contributed by atoms with E-state index in [0.717, 1.165) is 96.3 Å². The summed E-state index contributed by atoms with van der Waals surface area (Å²) in [5, 5.41) is 9.75. The number of esters is 2. The molecular formula is C76H134NO8+. The molecule has 0 aromatic heterocycles. The zero-order valence-corrected chi connectivity index (χ0v) is 56.0. The lowest BCUT2D eigenvalue weighted by Crippen LogP contribution is -2.40. The van der Waals surface area contributed by atoms with Gasteiger partial charge in [0, 0.05) is 12.8 Å². The van der Waals surface area contributed by atoms with E-state index in [1.165, 1.54) is 180 Å². The molecule has 2 unspecified atom stereocenters. The highest BCUT2D eigenvalue weighted by atomic mass is 16.7. The van der Waals surface area contributed by atoms with Crippen LogP contribution in [0.5, 0.6) is 0 Å². The number of likely N-dealkylation sites (N-methyl/N-ethyl adjacent to an activating group) is 1. The maximum absolute atomic E-state index is 12.9. The molecule has 0 aliphatic carbocycles. The number of hydrogen-bond acceptors (Lipinski definition) is 7. The fraction of sp³-hybridized carbons (Fsp3) is 0.750. The second kappa shape index (κ2) is 66.2. The fourth-order valence-electron chi connectivity index (χ4n) is 9.97. The number of carboxylic acids is 1. The molecule has 9 heteroatoms. The molecule has 0 aliphatic rings. The lowest BCUT2D eigenvalue weighted by atomic mass is 10.0. The molecular weight excluding hydrogens is 1050 g/mol.